The molecule has 0 radical (unpaired) electrons. The second-order valence-electron chi connectivity index (χ2n) is 5.11. The predicted molar refractivity (Wildman–Crippen MR) is 77.0 cm³/mol. The standard InChI is InChI=1S/C13H14BrNO3S/c14-11-1-2-12-9(7-11)3-5-15(12)13(16)10-4-6-19(17,18)8-10/h1-2,7,10H,3-6,8H2. The number of amides is 1. The van der Waals surface area contributed by atoms with Gasteiger partial charge < -0.3 is 4.90 Å². The van der Waals surface area contributed by atoms with Crippen molar-refractivity contribution in [3.8, 4) is 0 Å². The zero-order valence-corrected chi connectivity index (χ0v) is 12.7. The molecule has 1 aromatic rings. The molecule has 2 aliphatic heterocycles. The van der Waals surface area contributed by atoms with Gasteiger partial charge in [0.25, 0.3) is 0 Å². The summed E-state index contributed by atoms with van der Waals surface area (Å²) in [7, 11) is -3.01. The molecule has 6 heteroatoms. The maximum absolute atomic E-state index is 12.4. The highest BCUT2D eigenvalue weighted by atomic mass is 79.9. The Kier molecular flexibility index (Phi) is 3.17. The van der Waals surface area contributed by atoms with E-state index < -0.39 is 9.84 Å². The molecule has 102 valence electrons. The summed E-state index contributed by atoms with van der Waals surface area (Å²) in [4.78, 5) is 14.2. The molecule has 0 aliphatic carbocycles. The first-order chi connectivity index (χ1) is 8.96. The summed E-state index contributed by atoms with van der Waals surface area (Å²) in [5, 5.41) is 0. The molecule has 0 aromatic heterocycles. The number of nitrogens with zero attached hydrogens (tertiary/aromatic N) is 1. The van der Waals surface area contributed by atoms with Crippen LogP contribution in [0.2, 0.25) is 0 Å². The van der Waals surface area contributed by atoms with Gasteiger partial charge in [-0.3, -0.25) is 4.79 Å². The van der Waals surface area contributed by atoms with Gasteiger partial charge in [0.15, 0.2) is 9.84 Å². The molecule has 3 rings (SSSR count). The lowest BCUT2D eigenvalue weighted by molar-refractivity contribution is -0.121. The second-order valence-corrected chi connectivity index (χ2v) is 8.26. The third-order valence-corrected chi connectivity index (χ3v) is 6.05. The Hall–Kier alpha value is -0.880. The van der Waals surface area contributed by atoms with E-state index >= 15 is 0 Å². The maximum atomic E-state index is 12.4. The van der Waals surface area contributed by atoms with Gasteiger partial charge in [-0.1, -0.05) is 15.9 Å². The number of sulfone groups is 1. The van der Waals surface area contributed by atoms with Crippen molar-refractivity contribution in [1.29, 1.82) is 0 Å². The SMILES string of the molecule is O=C(C1CCS(=O)(=O)C1)N1CCc2cc(Br)ccc21. The Morgan fingerprint density at radius 3 is 2.84 bits per heavy atom. The molecule has 1 unspecified atom stereocenters. The summed E-state index contributed by atoms with van der Waals surface area (Å²) in [6.07, 6.45) is 1.30. The third kappa shape index (κ3) is 2.43. The Morgan fingerprint density at radius 1 is 1.37 bits per heavy atom. The molecule has 0 spiro atoms. The molecule has 0 saturated carbocycles. The number of halogens is 1. The first kappa shape index (κ1) is 13.1. The van der Waals surface area contributed by atoms with E-state index in [0.717, 1.165) is 22.1 Å². The molecule has 1 fully saturated rings. The molecule has 1 amide bonds. The molecule has 2 aliphatic rings. The largest absolute Gasteiger partial charge is 0.312 e. The molecule has 0 bridgehead atoms. The maximum Gasteiger partial charge on any atom is 0.231 e. The van der Waals surface area contributed by atoms with Gasteiger partial charge in [-0.25, -0.2) is 8.42 Å². The number of benzene rings is 1. The highest BCUT2D eigenvalue weighted by Gasteiger charge is 2.37. The number of hydrogen-bond acceptors (Lipinski definition) is 3. The smallest absolute Gasteiger partial charge is 0.231 e. The van der Waals surface area contributed by atoms with E-state index in [9.17, 15) is 13.2 Å². The summed E-state index contributed by atoms with van der Waals surface area (Å²) in [6, 6.07) is 5.86. The van der Waals surface area contributed by atoms with Crippen LogP contribution in [0.15, 0.2) is 22.7 Å². The van der Waals surface area contributed by atoms with Crippen molar-refractivity contribution in [2.75, 3.05) is 23.0 Å². The zero-order chi connectivity index (χ0) is 13.6. The van der Waals surface area contributed by atoms with Crippen molar-refractivity contribution in [3.63, 3.8) is 0 Å². The van der Waals surface area contributed by atoms with Crippen molar-refractivity contribution in [2.45, 2.75) is 12.8 Å². The number of rotatable bonds is 1. The average molecular weight is 344 g/mol. The normalized spacial score (nSPS) is 24.5. The van der Waals surface area contributed by atoms with Crippen molar-refractivity contribution in [3.05, 3.63) is 28.2 Å². The minimum Gasteiger partial charge on any atom is -0.312 e. The molecule has 1 atom stereocenters. The first-order valence-corrected chi connectivity index (χ1v) is 8.88. The van der Waals surface area contributed by atoms with E-state index in [4.69, 9.17) is 0 Å². The Bertz CT molecular complexity index is 641. The van der Waals surface area contributed by atoms with E-state index in [1.165, 1.54) is 0 Å². The molecular formula is C13H14BrNO3S. The number of carbonyl (C=O) groups excluding carboxylic acids is 1. The van der Waals surface area contributed by atoms with E-state index in [2.05, 4.69) is 15.9 Å². The summed E-state index contributed by atoms with van der Waals surface area (Å²) in [5.74, 6) is -0.250. The molecule has 19 heavy (non-hydrogen) atoms. The third-order valence-electron chi connectivity index (χ3n) is 3.78. The summed E-state index contributed by atoms with van der Waals surface area (Å²) in [5.41, 5.74) is 2.07. The van der Waals surface area contributed by atoms with Crippen molar-refractivity contribution < 1.29 is 13.2 Å². The van der Waals surface area contributed by atoms with E-state index in [0.29, 0.717) is 13.0 Å². The van der Waals surface area contributed by atoms with Crippen LogP contribution in [0.1, 0.15) is 12.0 Å². The number of fused-ring (bicyclic) bond motifs is 1. The van der Waals surface area contributed by atoms with Gasteiger partial charge >= 0.3 is 0 Å². The monoisotopic (exact) mass is 343 g/mol. The average Bonchev–Trinajstić information content (AvgIpc) is 2.91. The van der Waals surface area contributed by atoms with Gasteiger partial charge in [-0.2, -0.15) is 0 Å². The minimum absolute atomic E-state index is 0.00813. The van der Waals surface area contributed by atoms with E-state index in [-0.39, 0.29) is 23.3 Å². The van der Waals surface area contributed by atoms with Crippen LogP contribution in [0.25, 0.3) is 0 Å². The fourth-order valence-corrected chi connectivity index (χ4v) is 4.95. The Morgan fingerprint density at radius 2 is 2.16 bits per heavy atom. The van der Waals surface area contributed by atoms with Gasteiger partial charge in [-0.05, 0) is 36.6 Å². The van der Waals surface area contributed by atoms with Gasteiger partial charge in [0, 0.05) is 16.7 Å². The number of carbonyl (C=O) groups is 1. The number of hydrogen-bond donors (Lipinski definition) is 0. The van der Waals surface area contributed by atoms with Crippen molar-refractivity contribution in [1.82, 2.24) is 0 Å². The highest BCUT2D eigenvalue weighted by molar-refractivity contribution is 9.10. The van der Waals surface area contributed by atoms with Gasteiger partial charge in [-0.15, -0.1) is 0 Å². The van der Waals surface area contributed by atoms with E-state index in [1.54, 1.807) is 4.90 Å². The summed E-state index contributed by atoms with van der Waals surface area (Å²) < 4.78 is 24.0. The molecule has 4 nitrogen and oxygen atoms in total. The Labute approximate surface area is 120 Å². The van der Waals surface area contributed by atoms with Crippen LogP contribution in [-0.4, -0.2) is 32.4 Å². The van der Waals surface area contributed by atoms with Crippen LogP contribution in [0.3, 0.4) is 0 Å². The van der Waals surface area contributed by atoms with Crippen molar-refractivity contribution >= 4 is 37.4 Å². The number of anilines is 1. The van der Waals surface area contributed by atoms with Crippen LogP contribution in [0, 0.1) is 5.92 Å². The lowest BCUT2D eigenvalue weighted by Gasteiger charge is -2.20. The van der Waals surface area contributed by atoms with Crippen LogP contribution < -0.4 is 4.90 Å². The molecule has 0 N–H and O–H groups in total. The lowest BCUT2D eigenvalue weighted by Crippen LogP contribution is -2.35. The highest BCUT2D eigenvalue weighted by Crippen LogP contribution is 2.33. The fraction of sp³-hybridized carbons (Fsp3) is 0.462. The molecule has 1 aromatic carbocycles. The first-order valence-electron chi connectivity index (χ1n) is 6.26. The zero-order valence-electron chi connectivity index (χ0n) is 10.3. The van der Waals surface area contributed by atoms with Gasteiger partial charge in [0.2, 0.25) is 5.91 Å². The second kappa shape index (κ2) is 4.59. The topological polar surface area (TPSA) is 54.5 Å². The van der Waals surface area contributed by atoms with E-state index in [1.807, 2.05) is 18.2 Å². The van der Waals surface area contributed by atoms with Crippen LogP contribution in [-0.2, 0) is 21.1 Å². The van der Waals surface area contributed by atoms with Crippen LogP contribution >= 0.6 is 15.9 Å². The quantitative estimate of drug-likeness (QED) is 0.780. The van der Waals surface area contributed by atoms with Crippen LogP contribution in [0.5, 0.6) is 0 Å². The molecular weight excluding hydrogens is 330 g/mol. The fourth-order valence-electron chi connectivity index (χ4n) is 2.81. The molecule has 1 saturated heterocycles. The van der Waals surface area contributed by atoms with Gasteiger partial charge in [0.05, 0.1) is 17.4 Å². The lowest BCUT2D eigenvalue weighted by atomic mass is 10.1. The summed E-state index contributed by atoms with van der Waals surface area (Å²) in [6.45, 7) is 0.654. The molecule has 2 heterocycles. The Balaban J connectivity index is 1.84. The minimum atomic E-state index is -3.01. The van der Waals surface area contributed by atoms with Crippen molar-refractivity contribution in [2.24, 2.45) is 5.92 Å². The summed E-state index contributed by atoms with van der Waals surface area (Å²) >= 11 is 3.42. The van der Waals surface area contributed by atoms with Crippen LogP contribution in [0.4, 0.5) is 5.69 Å². The van der Waals surface area contributed by atoms with Gasteiger partial charge in [0.1, 0.15) is 0 Å². The predicted octanol–water partition coefficient (Wildman–Crippen LogP) is 1.77.